The summed E-state index contributed by atoms with van der Waals surface area (Å²) in [5.74, 6) is -0.133. The zero-order chi connectivity index (χ0) is 21.1. The Morgan fingerprint density at radius 3 is 2.52 bits per heavy atom. The zero-order valence-electron chi connectivity index (χ0n) is 16.4. The van der Waals surface area contributed by atoms with Gasteiger partial charge in [0.05, 0.1) is 33.3 Å². The molecule has 152 valence electrons. The highest BCUT2D eigenvalue weighted by molar-refractivity contribution is 7.92. The number of piperidine rings is 1. The van der Waals surface area contributed by atoms with Crippen LogP contribution >= 0.6 is 0 Å². The number of likely N-dealkylation sites (tertiary alicyclic amines) is 1. The van der Waals surface area contributed by atoms with E-state index in [1.54, 1.807) is 36.9 Å². The van der Waals surface area contributed by atoms with E-state index >= 15 is 0 Å². The number of benzene rings is 1. The first-order valence-electron chi connectivity index (χ1n) is 9.33. The molecule has 1 aromatic heterocycles. The van der Waals surface area contributed by atoms with Crippen molar-refractivity contribution >= 4 is 21.6 Å². The third-order valence-electron chi connectivity index (χ3n) is 5.59. The van der Waals surface area contributed by atoms with Crippen LogP contribution in [-0.2, 0) is 9.84 Å². The molecule has 0 saturated carbocycles. The number of anilines is 1. The molecule has 1 saturated heterocycles. The first-order valence-corrected chi connectivity index (χ1v) is 10.8. The van der Waals surface area contributed by atoms with Gasteiger partial charge in [0.2, 0.25) is 0 Å². The maximum Gasteiger partial charge on any atom is 0.321 e. The van der Waals surface area contributed by atoms with Crippen LogP contribution in [0.2, 0.25) is 0 Å². The number of carbonyl (C=O) groups excluding carboxylic acids is 1. The lowest BCUT2D eigenvalue weighted by atomic mass is 9.86. The summed E-state index contributed by atoms with van der Waals surface area (Å²) in [5, 5.41) is 19.5. The number of aromatic nitrogens is 2. The van der Waals surface area contributed by atoms with Crippen molar-refractivity contribution in [3.05, 3.63) is 48.3 Å². The van der Waals surface area contributed by atoms with Crippen LogP contribution in [0.15, 0.2) is 47.6 Å². The second kappa shape index (κ2) is 8.17. The first kappa shape index (κ1) is 20.7. The molecule has 2 heterocycles. The van der Waals surface area contributed by atoms with Gasteiger partial charge in [-0.15, -0.1) is 0 Å². The maximum atomic E-state index is 13.3. The highest BCUT2D eigenvalue weighted by Gasteiger charge is 2.45. The number of rotatable bonds is 4. The fourth-order valence-corrected chi connectivity index (χ4v) is 5.54. The number of nitrogens with one attached hydrogen (secondary N) is 1. The minimum absolute atomic E-state index is 0.0675. The molecule has 0 bridgehead atoms. The number of amides is 2. The van der Waals surface area contributed by atoms with Gasteiger partial charge in [0.15, 0.2) is 9.84 Å². The van der Waals surface area contributed by atoms with E-state index in [4.69, 9.17) is 0 Å². The average Bonchev–Trinajstić information content (AvgIpc) is 2.74. The number of urea groups is 1. The van der Waals surface area contributed by atoms with Crippen LogP contribution in [0.3, 0.4) is 0 Å². The van der Waals surface area contributed by atoms with Gasteiger partial charge < -0.3 is 10.2 Å². The summed E-state index contributed by atoms with van der Waals surface area (Å²) in [6.07, 6.45) is 4.08. The lowest BCUT2D eigenvalue weighted by Gasteiger charge is -2.40. The van der Waals surface area contributed by atoms with Gasteiger partial charge in [0, 0.05) is 13.1 Å². The molecule has 1 fully saturated rings. The minimum atomic E-state index is -3.72. The smallest absolute Gasteiger partial charge is 0.321 e. The second-order valence-corrected chi connectivity index (χ2v) is 10.0. The number of nitrogens with zero attached hydrogens (tertiary/aromatic N) is 4. The fraction of sp³-hybridized carbons (Fsp3) is 0.400. The van der Waals surface area contributed by atoms with E-state index < -0.39 is 14.6 Å². The molecule has 29 heavy (non-hydrogen) atoms. The third kappa shape index (κ3) is 4.07. The third-order valence-corrected chi connectivity index (χ3v) is 8.24. The van der Waals surface area contributed by atoms with Crippen molar-refractivity contribution < 1.29 is 13.2 Å². The first-order chi connectivity index (χ1) is 13.8. The van der Waals surface area contributed by atoms with E-state index in [0.717, 1.165) is 0 Å². The molecule has 2 aromatic rings. The number of hydrogen-bond acceptors (Lipinski definition) is 6. The highest BCUT2D eigenvalue weighted by Crippen LogP contribution is 2.38. The van der Waals surface area contributed by atoms with Gasteiger partial charge in [-0.2, -0.15) is 15.5 Å². The van der Waals surface area contributed by atoms with E-state index in [1.165, 1.54) is 24.5 Å². The SMILES string of the molecule is CC(C)(C1CCN(C(=O)Nc2ccnnc2)CC1)S(=O)(=O)c1ccccc1C#N. The molecule has 8 nitrogen and oxygen atoms in total. The number of carbonyl (C=O) groups is 1. The van der Waals surface area contributed by atoms with Crippen molar-refractivity contribution in [2.24, 2.45) is 5.92 Å². The zero-order valence-corrected chi connectivity index (χ0v) is 17.2. The lowest BCUT2D eigenvalue weighted by Crippen LogP contribution is -2.48. The summed E-state index contributed by atoms with van der Waals surface area (Å²) >= 11 is 0. The normalized spacial score (nSPS) is 15.6. The lowest BCUT2D eigenvalue weighted by molar-refractivity contribution is 0.171. The number of hydrogen-bond donors (Lipinski definition) is 1. The Kier molecular flexibility index (Phi) is 5.84. The number of sulfone groups is 1. The molecule has 9 heteroatoms. The van der Waals surface area contributed by atoms with E-state index in [9.17, 15) is 18.5 Å². The Morgan fingerprint density at radius 1 is 1.21 bits per heavy atom. The van der Waals surface area contributed by atoms with Crippen LogP contribution in [0.1, 0.15) is 32.3 Å². The van der Waals surface area contributed by atoms with Gasteiger partial charge in [0.1, 0.15) is 6.07 Å². The predicted molar refractivity (Wildman–Crippen MR) is 108 cm³/mol. The van der Waals surface area contributed by atoms with E-state index in [-0.39, 0.29) is 22.4 Å². The molecule has 1 aliphatic rings. The van der Waals surface area contributed by atoms with Crippen LogP contribution < -0.4 is 5.32 Å². The van der Waals surface area contributed by atoms with Crippen LogP contribution in [-0.4, -0.2) is 47.4 Å². The summed E-state index contributed by atoms with van der Waals surface area (Å²) in [7, 11) is -3.72. The average molecular weight is 414 g/mol. The molecule has 0 aliphatic carbocycles. The van der Waals surface area contributed by atoms with Crippen molar-refractivity contribution in [3.63, 3.8) is 0 Å². The molecule has 3 rings (SSSR count). The molecule has 0 spiro atoms. The van der Waals surface area contributed by atoms with Gasteiger partial charge in [-0.05, 0) is 50.8 Å². The van der Waals surface area contributed by atoms with E-state index in [0.29, 0.717) is 31.6 Å². The van der Waals surface area contributed by atoms with Gasteiger partial charge >= 0.3 is 6.03 Å². The van der Waals surface area contributed by atoms with Crippen molar-refractivity contribution in [1.29, 1.82) is 5.26 Å². The van der Waals surface area contributed by atoms with E-state index in [1.807, 2.05) is 6.07 Å². The summed E-state index contributed by atoms with van der Waals surface area (Å²) in [6.45, 7) is 4.32. The van der Waals surface area contributed by atoms with Crippen molar-refractivity contribution in [1.82, 2.24) is 15.1 Å². The van der Waals surface area contributed by atoms with Gasteiger partial charge in [0.25, 0.3) is 0 Å². The molecule has 1 aliphatic heterocycles. The van der Waals surface area contributed by atoms with Crippen LogP contribution in [0.5, 0.6) is 0 Å². The molecule has 1 aromatic carbocycles. The maximum absolute atomic E-state index is 13.3. The Morgan fingerprint density at radius 2 is 1.90 bits per heavy atom. The standard InChI is InChI=1S/C20H23N5O3S/c1-20(2,29(27,28)18-6-4-3-5-15(18)13-21)16-8-11-25(12-9-16)19(26)24-17-7-10-22-23-14-17/h3-7,10,14,16H,8-9,11-12H2,1-2H3,(H,22,24,26). The molecule has 2 amide bonds. The van der Waals surface area contributed by atoms with Crippen LogP contribution in [0.4, 0.5) is 10.5 Å². The molecular weight excluding hydrogens is 390 g/mol. The molecular formula is C20H23N5O3S. The quantitative estimate of drug-likeness (QED) is 0.824. The second-order valence-electron chi connectivity index (χ2n) is 7.54. The predicted octanol–water partition coefficient (Wildman–Crippen LogP) is 2.84. The molecule has 1 N–H and O–H groups in total. The molecule has 0 unspecified atom stereocenters. The summed E-state index contributed by atoms with van der Waals surface area (Å²) < 4.78 is 25.6. The van der Waals surface area contributed by atoms with Crippen molar-refractivity contribution in [2.75, 3.05) is 18.4 Å². The summed E-state index contributed by atoms with van der Waals surface area (Å²) in [4.78, 5) is 14.2. The Labute approximate surface area is 170 Å². The van der Waals surface area contributed by atoms with Gasteiger partial charge in [-0.3, -0.25) is 0 Å². The Hall–Kier alpha value is -2.99. The van der Waals surface area contributed by atoms with Crippen LogP contribution in [0, 0.1) is 17.2 Å². The summed E-state index contributed by atoms with van der Waals surface area (Å²) in [6, 6.07) is 9.67. The van der Waals surface area contributed by atoms with Crippen molar-refractivity contribution in [2.45, 2.75) is 36.3 Å². The van der Waals surface area contributed by atoms with Crippen molar-refractivity contribution in [3.8, 4) is 6.07 Å². The minimum Gasteiger partial charge on any atom is -0.325 e. The fourth-order valence-electron chi connectivity index (χ4n) is 3.64. The van der Waals surface area contributed by atoms with Gasteiger partial charge in [-0.25, -0.2) is 13.2 Å². The monoisotopic (exact) mass is 413 g/mol. The van der Waals surface area contributed by atoms with Crippen LogP contribution in [0.25, 0.3) is 0 Å². The highest BCUT2D eigenvalue weighted by atomic mass is 32.2. The van der Waals surface area contributed by atoms with E-state index in [2.05, 4.69) is 15.5 Å². The molecule has 0 atom stereocenters. The topological polar surface area (TPSA) is 116 Å². The largest absolute Gasteiger partial charge is 0.325 e. The Balaban J connectivity index is 1.71. The molecule has 0 radical (unpaired) electrons. The summed E-state index contributed by atoms with van der Waals surface area (Å²) in [5.41, 5.74) is 0.714. The van der Waals surface area contributed by atoms with Gasteiger partial charge in [-0.1, -0.05) is 12.1 Å². The Bertz CT molecular complexity index is 1020. The number of nitriles is 1.